The van der Waals surface area contributed by atoms with Gasteiger partial charge in [0.05, 0.1) is 45.8 Å². The van der Waals surface area contributed by atoms with Gasteiger partial charge >= 0.3 is 59.1 Å². The number of benzene rings is 4. The fourth-order valence-electron chi connectivity index (χ4n) is 6.57. The summed E-state index contributed by atoms with van der Waals surface area (Å²) in [5, 5.41) is 30.0. The molecule has 0 bridgehead atoms. The van der Waals surface area contributed by atoms with Crippen LogP contribution in [0.3, 0.4) is 0 Å². The maximum Gasteiger partial charge on any atom is 1.00 e. The van der Waals surface area contributed by atoms with Crippen LogP contribution in [0.25, 0.3) is 0 Å². The minimum absolute atomic E-state index is 0. The number of fused-ring (bicyclic) bond motifs is 2. The van der Waals surface area contributed by atoms with Crippen molar-refractivity contribution in [3.63, 3.8) is 0 Å². The number of anilines is 2. The molecule has 0 aromatic heterocycles. The van der Waals surface area contributed by atoms with E-state index in [9.17, 15) is 45.7 Å². The van der Waals surface area contributed by atoms with Crippen molar-refractivity contribution in [2.45, 2.75) is 74.5 Å². The molecule has 0 fully saturated rings. The molecule has 4 aromatic carbocycles. The van der Waals surface area contributed by atoms with Crippen LogP contribution in [0, 0.1) is 0 Å². The monoisotopic (exact) mass is 916 g/mol. The number of hydrogen-bond donors (Lipinski definition) is 4. The molecule has 14 nitrogen and oxygen atoms in total. The van der Waals surface area contributed by atoms with Crippen molar-refractivity contribution < 1.29 is 105 Å². The molecule has 1 aliphatic carbocycles. The predicted octanol–water partition coefficient (Wildman–Crippen LogP) is -1.17. The largest absolute Gasteiger partial charge is 1.00 e. The predicted molar refractivity (Wildman–Crippen MR) is 219 cm³/mol. The number of carbonyl (C=O) groups excluding carboxylic acids is 2. The van der Waals surface area contributed by atoms with Crippen molar-refractivity contribution in [1.29, 1.82) is 0 Å². The zero-order chi connectivity index (χ0) is 42.4. The Kier molecular flexibility index (Phi) is 19.3. The number of alkyl halides is 2. The Morgan fingerprint density at radius 3 is 1.32 bits per heavy atom. The minimum Gasteiger partial charge on any atom is -0.861 e. The van der Waals surface area contributed by atoms with Crippen molar-refractivity contribution in [3.8, 4) is 0 Å². The van der Waals surface area contributed by atoms with Gasteiger partial charge in [0.1, 0.15) is 0 Å². The number of hydrogen-bond acceptors (Lipinski definition) is 12. The van der Waals surface area contributed by atoms with Gasteiger partial charge in [0.15, 0.2) is 11.6 Å². The summed E-state index contributed by atoms with van der Waals surface area (Å²) >= 11 is 11.1. The van der Waals surface area contributed by atoms with Crippen LogP contribution in [0.2, 0.25) is 0 Å². The van der Waals surface area contributed by atoms with Gasteiger partial charge in [0, 0.05) is 34.6 Å². The van der Waals surface area contributed by atoms with Crippen molar-refractivity contribution in [1.82, 2.24) is 0 Å². The molecule has 0 spiro atoms. The molecule has 5 rings (SSSR count). The van der Waals surface area contributed by atoms with Gasteiger partial charge in [-0.3, -0.25) is 28.7 Å². The normalized spacial score (nSPS) is 14.0. The van der Waals surface area contributed by atoms with Gasteiger partial charge in [-0.15, -0.1) is 23.2 Å². The van der Waals surface area contributed by atoms with E-state index in [1.54, 1.807) is 48.5 Å². The van der Waals surface area contributed by atoms with E-state index in [2.05, 4.69) is 20.6 Å². The Morgan fingerprint density at radius 1 is 0.633 bits per heavy atom. The first-order valence-corrected chi connectivity index (χ1v) is 21.9. The number of halogens is 2. The van der Waals surface area contributed by atoms with Gasteiger partial charge in [-0.25, -0.2) is 0 Å². The number of nitrogens with zero attached hydrogens (tertiary/aromatic N) is 2. The van der Waals surface area contributed by atoms with E-state index in [0.29, 0.717) is 59.3 Å². The first kappa shape index (κ1) is 51.5. The van der Waals surface area contributed by atoms with Crippen LogP contribution < -0.4 is 80.0 Å². The van der Waals surface area contributed by atoms with Crippen molar-refractivity contribution >= 4 is 78.2 Å². The van der Waals surface area contributed by atoms with Crippen LogP contribution in [0.5, 0.6) is 0 Å². The minimum atomic E-state index is -4.56. The van der Waals surface area contributed by atoms with E-state index >= 15 is 0 Å². The Morgan fingerprint density at radius 2 is 0.983 bits per heavy atom. The molecular weight excluding hydrogens is 877 g/mol. The standard InChI is InChI=1S/C40H42Cl2N4O10S2.2Na/c1-23(7-9-25-13-27(21-43-35(47)19-41)17-29(15-25)57(51,52)53)45-33-11-12-34(38-37(33)39(49)31-5-3-4-6-32(31)40(38)50)46-24(2)8-10-26-14-28(22-44-36(48)20-42)18-30(16-26)58(54,55)56;;/h3-6,11-18,23-24,45-46H,7-10,19-22H2,1-2H3,(H,43,47)(H,44,48)(H,51,52,53)(H,54,55,56);;/q;2*+1/p-2. The molecule has 0 saturated heterocycles. The van der Waals surface area contributed by atoms with E-state index < -0.39 is 32.0 Å². The van der Waals surface area contributed by atoms with E-state index in [-0.39, 0.29) is 140 Å². The van der Waals surface area contributed by atoms with Crippen molar-refractivity contribution in [2.75, 3.05) is 22.4 Å². The maximum atomic E-state index is 14.1. The SMILES string of the molecule is CC(CCc1cc(CN=C([O-])CCl)cc(S(=O)(=O)O)c1)Nc1ccc(NC(C)CCc2cc(CN=C([O-])CCl)cc(S(=O)(=O)O)c2)c2c1C(=O)c1ccccc1C2=O.[Na+].[Na+]. The first-order valence-electron chi connectivity index (χ1n) is 18.0. The summed E-state index contributed by atoms with van der Waals surface area (Å²) < 4.78 is 67.5. The molecule has 308 valence electrons. The molecule has 0 heterocycles. The third-order valence-electron chi connectivity index (χ3n) is 9.36. The fraction of sp³-hybridized carbons (Fsp3) is 0.300. The number of carbonyl (C=O) groups is 2. The Balaban J connectivity index is 0.00000480. The number of nitrogens with one attached hydrogen (secondary N) is 2. The topological polar surface area (TPSA) is 238 Å². The molecule has 2 atom stereocenters. The molecule has 0 amide bonds. The first-order chi connectivity index (χ1) is 27.4. The van der Waals surface area contributed by atoms with E-state index in [0.717, 1.165) is 0 Å². The number of aliphatic imine (C=N–C) groups is 2. The summed E-state index contributed by atoms with van der Waals surface area (Å²) in [6, 6.07) is 17.8. The molecule has 4 N–H and O–H groups in total. The zero-order valence-electron chi connectivity index (χ0n) is 33.4. The summed E-state index contributed by atoms with van der Waals surface area (Å²) in [7, 11) is -9.13. The summed E-state index contributed by atoms with van der Waals surface area (Å²) in [5.41, 5.74) is 3.57. The molecule has 0 saturated carbocycles. The summed E-state index contributed by atoms with van der Waals surface area (Å²) in [5.74, 6) is -2.51. The summed E-state index contributed by atoms with van der Waals surface area (Å²) in [6.45, 7) is 3.46. The van der Waals surface area contributed by atoms with Gasteiger partial charge in [-0.1, -0.05) is 36.4 Å². The van der Waals surface area contributed by atoms with Crippen LogP contribution in [0.1, 0.15) is 80.8 Å². The van der Waals surface area contributed by atoms with Crippen LogP contribution in [0.4, 0.5) is 11.4 Å². The van der Waals surface area contributed by atoms with E-state index in [1.165, 1.54) is 24.3 Å². The molecular formula is C40H40Cl2N4Na2O10S2. The quantitative estimate of drug-likeness (QED) is 0.0268. The summed E-state index contributed by atoms with van der Waals surface area (Å²) in [6.07, 6.45) is 1.51. The van der Waals surface area contributed by atoms with Crippen molar-refractivity contribution in [3.05, 3.63) is 117 Å². The third-order valence-corrected chi connectivity index (χ3v) is 11.5. The average Bonchev–Trinajstić information content (AvgIpc) is 3.19. The molecule has 20 heteroatoms. The van der Waals surface area contributed by atoms with Gasteiger partial charge in [-0.05, 0) is 110 Å². The Bertz CT molecular complexity index is 2350. The van der Waals surface area contributed by atoms with Gasteiger partial charge in [0.25, 0.3) is 20.2 Å². The van der Waals surface area contributed by atoms with E-state index in [1.807, 2.05) is 13.8 Å². The van der Waals surface area contributed by atoms with Gasteiger partial charge in [-0.2, -0.15) is 16.8 Å². The second-order valence-corrected chi connectivity index (χ2v) is 17.3. The molecule has 60 heavy (non-hydrogen) atoms. The second-order valence-electron chi connectivity index (χ2n) is 13.9. The number of rotatable bonds is 18. The van der Waals surface area contributed by atoms with Crippen LogP contribution >= 0.6 is 23.2 Å². The Labute approximate surface area is 403 Å². The smallest absolute Gasteiger partial charge is 0.861 e. The van der Waals surface area contributed by atoms with E-state index in [4.69, 9.17) is 23.2 Å². The maximum absolute atomic E-state index is 14.1. The number of ketones is 2. The molecule has 2 unspecified atom stereocenters. The fourth-order valence-corrected chi connectivity index (χ4v) is 7.94. The van der Waals surface area contributed by atoms with Gasteiger partial charge < -0.3 is 20.8 Å². The van der Waals surface area contributed by atoms with Crippen LogP contribution in [0.15, 0.2) is 92.6 Å². The summed E-state index contributed by atoms with van der Waals surface area (Å²) in [4.78, 5) is 35.1. The molecule has 4 aromatic rings. The molecule has 0 radical (unpaired) electrons. The van der Waals surface area contributed by atoms with Crippen LogP contribution in [-0.4, -0.2) is 73.1 Å². The Hall–Kier alpha value is -2.84. The average molecular weight is 918 g/mol. The van der Waals surface area contributed by atoms with Crippen molar-refractivity contribution in [2.24, 2.45) is 9.98 Å². The number of aryl methyl sites for hydroxylation is 2. The second kappa shape index (κ2) is 22.5. The van der Waals surface area contributed by atoms with Crippen LogP contribution in [-0.2, 0) is 46.2 Å². The molecule has 0 aliphatic heterocycles. The van der Waals surface area contributed by atoms with Gasteiger partial charge in [0.2, 0.25) is 0 Å². The zero-order valence-corrected chi connectivity index (χ0v) is 40.5. The third kappa shape index (κ3) is 13.6. The molecule has 1 aliphatic rings.